The molecule has 0 bridgehead atoms. The molecule has 0 atom stereocenters. The van der Waals surface area contributed by atoms with Crippen LogP contribution in [0.5, 0.6) is 0 Å². The standard InChI is InChI=1S/C23H15Cl2N5OS2/c24-14-11-17-20(18(25)12-14)26-23(30(21(17)31)16-9-5-2-6-10-16)33-13-19-27-28-22(32)29(19)15-7-3-1-4-8-15/h1-12H,13H2,(H,28,32). The van der Waals surface area contributed by atoms with Gasteiger partial charge in [-0.1, -0.05) is 71.4 Å². The minimum atomic E-state index is -0.250. The molecule has 0 saturated heterocycles. The number of aromatic amines is 1. The van der Waals surface area contributed by atoms with E-state index >= 15 is 0 Å². The number of hydrogen-bond donors (Lipinski definition) is 1. The lowest BCUT2D eigenvalue weighted by molar-refractivity contribution is 0.817. The monoisotopic (exact) mass is 511 g/mol. The van der Waals surface area contributed by atoms with Gasteiger partial charge in [0.05, 0.1) is 27.4 Å². The fourth-order valence-corrected chi connectivity index (χ4v) is 5.21. The van der Waals surface area contributed by atoms with Crippen LogP contribution in [0, 0.1) is 4.77 Å². The van der Waals surface area contributed by atoms with E-state index in [2.05, 4.69) is 10.2 Å². The summed E-state index contributed by atoms with van der Waals surface area (Å²) in [6.45, 7) is 0. The highest BCUT2D eigenvalue weighted by atomic mass is 35.5. The number of thioether (sulfide) groups is 1. The molecule has 0 amide bonds. The number of para-hydroxylation sites is 2. The van der Waals surface area contributed by atoms with Crippen molar-refractivity contribution in [3.05, 3.63) is 104 Å². The first kappa shape index (κ1) is 21.9. The zero-order valence-corrected chi connectivity index (χ0v) is 20.0. The summed E-state index contributed by atoms with van der Waals surface area (Å²) in [5, 5.41) is 8.78. The molecule has 0 unspecified atom stereocenters. The molecule has 6 nitrogen and oxygen atoms in total. The maximum atomic E-state index is 13.5. The summed E-state index contributed by atoms with van der Waals surface area (Å²) >= 11 is 19.4. The molecular weight excluding hydrogens is 497 g/mol. The van der Waals surface area contributed by atoms with Crippen LogP contribution in [0.2, 0.25) is 10.0 Å². The van der Waals surface area contributed by atoms with Gasteiger partial charge in [-0.05, 0) is 48.6 Å². The molecule has 0 aliphatic carbocycles. The molecule has 33 heavy (non-hydrogen) atoms. The predicted octanol–water partition coefficient (Wildman–Crippen LogP) is 6.23. The predicted molar refractivity (Wildman–Crippen MR) is 136 cm³/mol. The Labute approximate surface area is 207 Å². The number of nitrogens with zero attached hydrogens (tertiary/aromatic N) is 4. The largest absolute Gasteiger partial charge is 0.271 e. The fraction of sp³-hybridized carbons (Fsp3) is 0.0435. The first-order valence-corrected chi connectivity index (χ1v) is 12.0. The molecule has 5 aromatic rings. The number of hydrogen-bond acceptors (Lipinski definition) is 5. The summed E-state index contributed by atoms with van der Waals surface area (Å²) in [7, 11) is 0. The average Bonchev–Trinajstić information content (AvgIpc) is 3.19. The van der Waals surface area contributed by atoms with E-state index in [0.717, 1.165) is 5.69 Å². The third kappa shape index (κ3) is 4.22. The SMILES string of the molecule is O=c1c2cc(Cl)cc(Cl)c2nc(SCc2n[nH]c(=S)n2-c2ccccc2)n1-c1ccccc1. The molecule has 164 valence electrons. The Balaban J connectivity index is 1.64. The molecule has 0 radical (unpaired) electrons. The Bertz CT molecular complexity index is 1580. The minimum Gasteiger partial charge on any atom is -0.271 e. The lowest BCUT2D eigenvalue weighted by Crippen LogP contribution is -2.22. The molecule has 0 spiro atoms. The van der Waals surface area contributed by atoms with Crippen LogP contribution in [-0.2, 0) is 5.75 Å². The Morgan fingerprint density at radius 1 is 0.939 bits per heavy atom. The molecule has 5 rings (SSSR count). The van der Waals surface area contributed by atoms with Gasteiger partial charge in [-0.2, -0.15) is 5.10 Å². The van der Waals surface area contributed by atoms with E-state index in [1.165, 1.54) is 11.8 Å². The second-order valence-corrected chi connectivity index (χ2v) is 9.23. The van der Waals surface area contributed by atoms with Gasteiger partial charge < -0.3 is 0 Å². The summed E-state index contributed by atoms with van der Waals surface area (Å²) in [6.07, 6.45) is 0. The highest BCUT2D eigenvalue weighted by Crippen LogP contribution is 2.29. The summed E-state index contributed by atoms with van der Waals surface area (Å²) < 4.78 is 3.91. The molecule has 2 heterocycles. The van der Waals surface area contributed by atoms with Crippen LogP contribution in [-0.4, -0.2) is 24.3 Å². The number of H-pyrrole nitrogens is 1. The topological polar surface area (TPSA) is 68.5 Å². The van der Waals surface area contributed by atoms with Crippen molar-refractivity contribution in [1.29, 1.82) is 0 Å². The lowest BCUT2D eigenvalue weighted by Gasteiger charge is -2.14. The van der Waals surface area contributed by atoms with Gasteiger partial charge in [-0.15, -0.1) is 0 Å². The first-order chi connectivity index (χ1) is 16.0. The van der Waals surface area contributed by atoms with Crippen molar-refractivity contribution < 1.29 is 0 Å². The van der Waals surface area contributed by atoms with E-state index in [1.54, 1.807) is 16.7 Å². The molecule has 1 N–H and O–H groups in total. The number of nitrogens with one attached hydrogen (secondary N) is 1. The van der Waals surface area contributed by atoms with E-state index in [-0.39, 0.29) is 5.56 Å². The fourth-order valence-electron chi connectivity index (χ4n) is 3.50. The van der Waals surface area contributed by atoms with Gasteiger partial charge >= 0.3 is 0 Å². The highest BCUT2D eigenvalue weighted by Gasteiger charge is 2.17. The van der Waals surface area contributed by atoms with Gasteiger partial charge in [0.2, 0.25) is 0 Å². The number of benzene rings is 3. The van der Waals surface area contributed by atoms with Crippen LogP contribution in [0.25, 0.3) is 22.3 Å². The number of fused-ring (bicyclic) bond motifs is 1. The Hall–Kier alpha value is -2.91. The summed E-state index contributed by atoms with van der Waals surface area (Å²) in [4.78, 5) is 18.2. The lowest BCUT2D eigenvalue weighted by atomic mass is 10.2. The molecule has 0 aliphatic heterocycles. The van der Waals surface area contributed by atoms with E-state index < -0.39 is 0 Å². The Morgan fingerprint density at radius 2 is 1.58 bits per heavy atom. The quantitative estimate of drug-likeness (QED) is 0.172. The van der Waals surface area contributed by atoms with E-state index in [0.29, 0.717) is 48.1 Å². The maximum absolute atomic E-state index is 13.5. The molecule has 10 heteroatoms. The second-order valence-electron chi connectivity index (χ2n) is 7.06. The summed E-state index contributed by atoms with van der Waals surface area (Å²) in [5.41, 5.74) is 1.75. The van der Waals surface area contributed by atoms with Crippen LogP contribution >= 0.6 is 47.2 Å². The third-order valence-electron chi connectivity index (χ3n) is 4.96. The van der Waals surface area contributed by atoms with Crippen molar-refractivity contribution in [3.63, 3.8) is 0 Å². The molecule has 3 aromatic carbocycles. The van der Waals surface area contributed by atoms with Crippen molar-refractivity contribution in [3.8, 4) is 11.4 Å². The molecule has 0 aliphatic rings. The average molecular weight is 512 g/mol. The minimum absolute atomic E-state index is 0.250. The molecular formula is C23H15Cl2N5OS2. The maximum Gasteiger partial charge on any atom is 0.266 e. The van der Waals surface area contributed by atoms with Crippen molar-refractivity contribution in [2.24, 2.45) is 0 Å². The van der Waals surface area contributed by atoms with Crippen LogP contribution < -0.4 is 5.56 Å². The van der Waals surface area contributed by atoms with Crippen molar-refractivity contribution in [2.75, 3.05) is 0 Å². The smallest absolute Gasteiger partial charge is 0.266 e. The van der Waals surface area contributed by atoms with E-state index in [1.807, 2.05) is 65.2 Å². The molecule has 0 saturated carbocycles. The van der Waals surface area contributed by atoms with Crippen LogP contribution in [0.15, 0.2) is 82.7 Å². The van der Waals surface area contributed by atoms with Crippen molar-refractivity contribution in [2.45, 2.75) is 10.9 Å². The number of halogens is 2. The highest BCUT2D eigenvalue weighted by molar-refractivity contribution is 7.98. The summed E-state index contributed by atoms with van der Waals surface area (Å²) in [6, 6.07) is 22.2. The van der Waals surface area contributed by atoms with Gasteiger partial charge in [0, 0.05) is 10.7 Å². The Morgan fingerprint density at radius 3 is 2.24 bits per heavy atom. The van der Waals surface area contributed by atoms with E-state index in [4.69, 9.17) is 40.4 Å². The normalized spacial score (nSPS) is 11.2. The number of aromatic nitrogens is 5. The third-order valence-corrected chi connectivity index (χ3v) is 6.68. The van der Waals surface area contributed by atoms with Gasteiger partial charge in [0.25, 0.3) is 5.56 Å². The van der Waals surface area contributed by atoms with E-state index in [9.17, 15) is 4.79 Å². The van der Waals surface area contributed by atoms with Crippen LogP contribution in [0.3, 0.4) is 0 Å². The number of rotatable bonds is 5. The summed E-state index contributed by atoms with van der Waals surface area (Å²) in [5.74, 6) is 1.12. The zero-order chi connectivity index (χ0) is 22.9. The van der Waals surface area contributed by atoms with Crippen LogP contribution in [0.1, 0.15) is 5.82 Å². The van der Waals surface area contributed by atoms with Crippen LogP contribution in [0.4, 0.5) is 0 Å². The van der Waals surface area contributed by atoms with Gasteiger partial charge in [0.15, 0.2) is 9.93 Å². The second kappa shape index (κ2) is 9.15. The zero-order valence-electron chi connectivity index (χ0n) is 16.9. The van der Waals surface area contributed by atoms with Gasteiger partial charge in [0.1, 0.15) is 5.82 Å². The van der Waals surface area contributed by atoms with Crippen molar-refractivity contribution >= 4 is 58.1 Å². The van der Waals surface area contributed by atoms with Crippen molar-refractivity contribution in [1.82, 2.24) is 24.3 Å². The first-order valence-electron chi connectivity index (χ1n) is 9.84. The Kier molecular flexibility index (Phi) is 6.07. The van der Waals surface area contributed by atoms with Gasteiger partial charge in [-0.25, -0.2) is 4.98 Å². The molecule has 0 fully saturated rings. The molecule has 2 aromatic heterocycles. The van der Waals surface area contributed by atoms with Gasteiger partial charge in [-0.3, -0.25) is 19.0 Å².